The van der Waals surface area contributed by atoms with Crippen LogP contribution in [0.5, 0.6) is 0 Å². The second-order valence-corrected chi connectivity index (χ2v) is 7.62. The Morgan fingerprint density at radius 2 is 1.85 bits per heavy atom. The molecule has 2 atom stereocenters. The normalized spacial score (nSPS) is 23.3. The van der Waals surface area contributed by atoms with E-state index in [-0.39, 0.29) is 11.8 Å². The van der Waals surface area contributed by atoms with E-state index in [0.29, 0.717) is 17.5 Å². The molecule has 5 heteroatoms. The molecule has 2 aliphatic rings. The van der Waals surface area contributed by atoms with E-state index in [1.165, 1.54) is 0 Å². The molecule has 0 spiro atoms. The summed E-state index contributed by atoms with van der Waals surface area (Å²) in [5.74, 6) is 14.4. The van der Waals surface area contributed by atoms with Gasteiger partial charge in [0, 0.05) is 42.6 Å². The minimum Gasteiger partial charge on any atom is -0.381 e. The fourth-order valence-corrected chi connectivity index (χ4v) is 3.77. The Kier molecular flexibility index (Phi) is 5.69. The Morgan fingerprint density at radius 3 is 2.70 bits per heavy atom. The average molecular weight is 383 g/mol. The van der Waals surface area contributed by atoms with Gasteiger partial charge in [0.15, 0.2) is 0 Å². The van der Waals surface area contributed by atoms with Crippen molar-refractivity contribution in [3.63, 3.8) is 0 Å². The summed E-state index contributed by atoms with van der Waals surface area (Å²) in [5, 5.41) is 8.97. The molecule has 0 bridgehead atoms. The SMILES string of the molecule is Cc1n[nH]c2cc(C#CC3CCOCC3C#CC3CCOCC3)c(Cl)cc12. The van der Waals surface area contributed by atoms with Crippen LogP contribution >= 0.6 is 11.6 Å². The number of fused-ring (bicyclic) bond motifs is 1. The van der Waals surface area contributed by atoms with Gasteiger partial charge < -0.3 is 9.47 Å². The molecule has 2 aliphatic heterocycles. The Balaban J connectivity index is 1.53. The number of aromatic amines is 1. The summed E-state index contributed by atoms with van der Waals surface area (Å²) in [5.41, 5.74) is 2.73. The molecule has 1 aromatic carbocycles. The second kappa shape index (κ2) is 8.36. The van der Waals surface area contributed by atoms with E-state index in [4.69, 9.17) is 21.1 Å². The van der Waals surface area contributed by atoms with Crippen LogP contribution in [0.3, 0.4) is 0 Å². The van der Waals surface area contributed by atoms with Gasteiger partial charge in [-0.3, -0.25) is 5.10 Å². The molecule has 140 valence electrons. The molecule has 0 saturated carbocycles. The summed E-state index contributed by atoms with van der Waals surface area (Å²) in [6.07, 6.45) is 2.95. The van der Waals surface area contributed by atoms with Crippen LogP contribution in [0.4, 0.5) is 0 Å². The lowest BCUT2D eigenvalue weighted by molar-refractivity contribution is 0.0547. The van der Waals surface area contributed by atoms with Crippen LogP contribution in [0.15, 0.2) is 12.1 Å². The van der Waals surface area contributed by atoms with Gasteiger partial charge in [-0.05, 0) is 38.3 Å². The number of hydrogen-bond donors (Lipinski definition) is 1. The molecule has 2 aromatic rings. The molecule has 2 saturated heterocycles. The van der Waals surface area contributed by atoms with Crippen molar-refractivity contribution in [2.45, 2.75) is 26.2 Å². The smallest absolute Gasteiger partial charge is 0.0670 e. The predicted octanol–water partition coefficient (Wildman–Crippen LogP) is 3.96. The zero-order valence-electron chi connectivity index (χ0n) is 15.5. The number of halogens is 1. The Hall–Kier alpha value is -1.98. The minimum absolute atomic E-state index is 0.158. The van der Waals surface area contributed by atoms with Crippen molar-refractivity contribution in [3.8, 4) is 23.7 Å². The van der Waals surface area contributed by atoms with Crippen molar-refractivity contribution >= 4 is 22.5 Å². The topological polar surface area (TPSA) is 47.1 Å². The predicted molar refractivity (Wildman–Crippen MR) is 106 cm³/mol. The Morgan fingerprint density at radius 1 is 1.04 bits per heavy atom. The molecule has 2 fully saturated rings. The van der Waals surface area contributed by atoms with E-state index in [1.807, 2.05) is 19.1 Å². The molecule has 0 amide bonds. The minimum atomic E-state index is 0.158. The molecule has 4 nitrogen and oxygen atoms in total. The van der Waals surface area contributed by atoms with Gasteiger partial charge in [0.1, 0.15) is 0 Å². The van der Waals surface area contributed by atoms with Gasteiger partial charge in [-0.1, -0.05) is 35.3 Å². The van der Waals surface area contributed by atoms with Crippen LogP contribution in [-0.2, 0) is 9.47 Å². The maximum atomic E-state index is 6.44. The van der Waals surface area contributed by atoms with Crippen molar-refractivity contribution in [2.75, 3.05) is 26.4 Å². The first-order valence-corrected chi connectivity index (χ1v) is 9.91. The van der Waals surface area contributed by atoms with Crippen LogP contribution in [0, 0.1) is 48.4 Å². The molecule has 2 unspecified atom stereocenters. The van der Waals surface area contributed by atoms with E-state index in [9.17, 15) is 0 Å². The van der Waals surface area contributed by atoms with Crippen LogP contribution in [0.1, 0.15) is 30.5 Å². The van der Waals surface area contributed by atoms with Crippen LogP contribution in [0.25, 0.3) is 10.9 Å². The fourth-order valence-electron chi connectivity index (χ4n) is 3.56. The zero-order chi connectivity index (χ0) is 18.6. The lowest BCUT2D eigenvalue weighted by atomic mass is 9.88. The van der Waals surface area contributed by atoms with E-state index < -0.39 is 0 Å². The third kappa shape index (κ3) is 4.30. The monoisotopic (exact) mass is 382 g/mol. The number of hydrogen-bond acceptors (Lipinski definition) is 3. The van der Waals surface area contributed by atoms with Crippen molar-refractivity contribution in [2.24, 2.45) is 17.8 Å². The van der Waals surface area contributed by atoms with Crippen LogP contribution in [-0.4, -0.2) is 36.6 Å². The maximum absolute atomic E-state index is 6.44. The first-order chi connectivity index (χ1) is 13.2. The summed E-state index contributed by atoms with van der Waals surface area (Å²) in [6, 6.07) is 3.92. The summed E-state index contributed by atoms with van der Waals surface area (Å²) < 4.78 is 11.1. The molecular weight excluding hydrogens is 360 g/mol. The van der Waals surface area contributed by atoms with E-state index in [2.05, 4.69) is 33.9 Å². The van der Waals surface area contributed by atoms with Crippen molar-refractivity contribution in [1.29, 1.82) is 0 Å². The molecule has 0 aliphatic carbocycles. The number of nitrogens with one attached hydrogen (secondary N) is 1. The number of aromatic nitrogens is 2. The van der Waals surface area contributed by atoms with Gasteiger partial charge in [0.2, 0.25) is 0 Å². The van der Waals surface area contributed by atoms with Gasteiger partial charge in [-0.15, -0.1) is 0 Å². The largest absolute Gasteiger partial charge is 0.381 e. The first kappa shape index (κ1) is 18.4. The van der Waals surface area contributed by atoms with Gasteiger partial charge in [0.05, 0.1) is 28.8 Å². The number of ether oxygens (including phenoxy) is 2. The maximum Gasteiger partial charge on any atom is 0.0670 e. The summed E-state index contributed by atoms with van der Waals surface area (Å²) in [7, 11) is 0. The number of rotatable bonds is 0. The van der Waals surface area contributed by atoms with Crippen molar-refractivity contribution < 1.29 is 9.47 Å². The van der Waals surface area contributed by atoms with Gasteiger partial charge in [-0.25, -0.2) is 0 Å². The molecule has 27 heavy (non-hydrogen) atoms. The lowest BCUT2D eigenvalue weighted by Crippen LogP contribution is -2.25. The molecule has 4 rings (SSSR count). The first-order valence-electron chi connectivity index (χ1n) is 9.53. The van der Waals surface area contributed by atoms with Crippen molar-refractivity contribution in [3.05, 3.63) is 28.4 Å². The molecule has 3 heterocycles. The van der Waals surface area contributed by atoms with Crippen molar-refractivity contribution in [1.82, 2.24) is 10.2 Å². The van der Waals surface area contributed by atoms with Crippen LogP contribution < -0.4 is 0 Å². The zero-order valence-corrected chi connectivity index (χ0v) is 16.2. The summed E-state index contributed by atoms with van der Waals surface area (Å²) in [4.78, 5) is 0. The number of nitrogens with zero attached hydrogens (tertiary/aromatic N) is 1. The highest BCUT2D eigenvalue weighted by atomic mass is 35.5. The molecule has 1 N–H and O–H groups in total. The number of H-pyrrole nitrogens is 1. The molecular formula is C22H23ClN2O2. The van der Waals surface area contributed by atoms with E-state index in [1.54, 1.807) is 0 Å². The number of aryl methyl sites for hydroxylation is 1. The standard InChI is InChI=1S/C22H23ClN2O2/c1-15-20-13-21(23)18(12-22(20)25-24-15)5-4-17-8-11-27-14-19(17)3-2-16-6-9-26-10-7-16/h12-13,16-17,19H,6-11,14H2,1H3,(H,24,25). The van der Waals surface area contributed by atoms with Gasteiger partial charge in [-0.2, -0.15) is 5.10 Å². The quantitative estimate of drug-likeness (QED) is 0.701. The third-order valence-corrected chi connectivity index (χ3v) is 5.60. The molecule has 1 aromatic heterocycles. The Bertz CT molecular complexity index is 938. The van der Waals surface area contributed by atoms with Gasteiger partial charge >= 0.3 is 0 Å². The highest BCUT2D eigenvalue weighted by Gasteiger charge is 2.23. The van der Waals surface area contributed by atoms with Gasteiger partial charge in [0.25, 0.3) is 0 Å². The highest BCUT2D eigenvalue weighted by Crippen LogP contribution is 2.26. The average Bonchev–Trinajstić information content (AvgIpc) is 3.06. The second-order valence-electron chi connectivity index (χ2n) is 7.21. The highest BCUT2D eigenvalue weighted by molar-refractivity contribution is 6.32. The third-order valence-electron chi connectivity index (χ3n) is 5.28. The van der Waals surface area contributed by atoms with Crippen LogP contribution in [0.2, 0.25) is 5.02 Å². The summed E-state index contributed by atoms with van der Waals surface area (Å²) in [6.45, 7) is 4.99. The Labute approximate surface area is 165 Å². The number of benzene rings is 1. The molecule has 0 radical (unpaired) electrons. The van der Waals surface area contributed by atoms with E-state index in [0.717, 1.165) is 61.2 Å². The lowest BCUT2D eigenvalue weighted by Gasteiger charge is -2.24. The summed E-state index contributed by atoms with van der Waals surface area (Å²) >= 11 is 6.44. The fraction of sp³-hybridized carbons (Fsp3) is 0.500. The van der Waals surface area contributed by atoms with E-state index >= 15 is 0 Å².